The molecule has 25 heavy (non-hydrogen) atoms. The number of benzene rings is 1. The van der Waals surface area contributed by atoms with E-state index in [1.807, 2.05) is 52.0 Å². The minimum absolute atomic E-state index is 0.0762. The zero-order chi connectivity index (χ0) is 18.4. The maximum atomic E-state index is 12.1. The Hall–Kier alpha value is -1.84. The fraction of sp³-hybridized carbons (Fsp3) is 0.619. The predicted octanol–water partition coefficient (Wildman–Crippen LogP) is 4.87. The van der Waals surface area contributed by atoms with Gasteiger partial charge in [-0.3, -0.25) is 4.79 Å². The topological polar surface area (TPSA) is 52.6 Å². The zero-order valence-corrected chi connectivity index (χ0v) is 15.8. The molecule has 0 radical (unpaired) electrons. The maximum absolute atomic E-state index is 12.1. The van der Waals surface area contributed by atoms with Gasteiger partial charge in [-0.2, -0.15) is 0 Å². The molecule has 0 N–H and O–H groups in total. The molecule has 4 heteroatoms. The Labute approximate surface area is 150 Å². The van der Waals surface area contributed by atoms with Crippen LogP contribution in [0.25, 0.3) is 0 Å². The molecule has 1 aliphatic rings. The molecule has 0 aliphatic heterocycles. The van der Waals surface area contributed by atoms with Gasteiger partial charge in [0.1, 0.15) is 5.60 Å². The summed E-state index contributed by atoms with van der Waals surface area (Å²) in [6.07, 6.45) is 4.80. The normalized spacial score (nSPS) is 20.8. The minimum Gasteiger partial charge on any atom is -0.466 e. The van der Waals surface area contributed by atoms with Gasteiger partial charge in [0.15, 0.2) is 0 Å². The van der Waals surface area contributed by atoms with Gasteiger partial charge >= 0.3 is 11.9 Å². The Kier molecular flexibility index (Phi) is 6.63. The molecule has 1 fully saturated rings. The molecule has 0 unspecified atom stereocenters. The summed E-state index contributed by atoms with van der Waals surface area (Å²) in [6, 6.07) is 7.79. The molecule has 0 saturated heterocycles. The average Bonchev–Trinajstić information content (AvgIpc) is 2.54. The Morgan fingerprint density at radius 3 is 2.16 bits per heavy atom. The van der Waals surface area contributed by atoms with Crippen LogP contribution in [0.3, 0.4) is 0 Å². The van der Waals surface area contributed by atoms with Crippen molar-refractivity contribution in [1.29, 1.82) is 0 Å². The van der Waals surface area contributed by atoms with Crippen molar-refractivity contribution in [3.8, 4) is 0 Å². The van der Waals surface area contributed by atoms with Gasteiger partial charge in [0, 0.05) is 6.42 Å². The highest BCUT2D eigenvalue weighted by Crippen LogP contribution is 2.37. The van der Waals surface area contributed by atoms with E-state index in [1.54, 1.807) is 0 Å². The molecule has 1 aromatic rings. The highest BCUT2D eigenvalue weighted by molar-refractivity contribution is 5.89. The Balaban J connectivity index is 1.87. The number of esters is 2. The largest absolute Gasteiger partial charge is 0.466 e. The van der Waals surface area contributed by atoms with Crippen molar-refractivity contribution in [3.05, 3.63) is 35.4 Å². The summed E-state index contributed by atoms with van der Waals surface area (Å²) in [7, 11) is 0. The van der Waals surface area contributed by atoms with Crippen LogP contribution in [-0.4, -0.2) is 24.1 Å². The molecule has 0 atom stereocenters. The molecular weight excluding hydrogens is 316 g/mol. The fourth-order valence-corrected chi connectivity index (χ4v) is 3.38. The quantitative estimate of drug-likeness (QED) is 0.714. The fourth-order valence-electron chi connectivity index (χ4n) is 3.38. The summed E-state index contributed by atoms with van der Waals surface area (Å²) in [5, 5.41) is 0. The van der Waals surface area contributed by atoms with Crippen LogP contribution in [0, 0.1) is 5.92 Å². The van der Waals surface area contributed by atoms with Crippen molar-refractivity contribution < 1.29 is 19.1 Å². The van der Waals surface area contributed by atoms with E-state index in [-0.39, 0.29) is 11.9 Å². The standard InChI is InChI=1S/C21H30O4/c1-5-24-19(22)14-15-6-8-16(9-7-15)17-10-12-18(13-11-17)20(23)25-21(2,3)4/h10-13,15-16H,5-9,14H2,1-4H3. The zero-order valence-electron chi connectivity index (χ0n) is 15.8. The van der Waals surface area contributed by atoms with Gasteiger partial charge in [0.25, 0.3) is 0 Å². The van der Waals surface area contributed by atoms with Crippen LogP contribution in [0.1, 0.15) is 81.6 Å². The number of rotatable bonds is 5. The van der Waals surface area contributed by atoms with Gasteiger partial charge in [-0.25, -0.2) is 4.79 Å². The number of hydrogen-bond acceptors (Lipinski definition) is 4. The molecule has 4 nitrogen and oxygen atoms in total. The van der Waals surface area contributed by atoms with Crippen molar-refractivity contribution in [2.45, 2.75) is 71.3 Å². The van der Waals surface area contributed by atoms with Gasteiger partial charge in [0.05, 0.1) is 12.2 Å². The molecule has 1 aliphatic carbocycles. The molecule has 0 amide bonds. The lowest BCUT2D eigenvalue weighted by Crippen LogP contribution is -2.23. The number of hydrogen-bond donors (Lipinski definition) is 0. The molecular formula is C21H30O4. The summed E-state index contributed by atoms with van der Waals surface area (Å²) in [5.74, 6) is 0.590. The van der Waals surface area contributed by atoms with E-state index in [0.717, 1.165) is 25.7 Å². The lowest BCUT2D eigenvalue weighted by atomic mass is 9.77. The molecule has 0 aromatic heterocycles. The van der Waals surface area contributed by atoms with Crippen molar-refractivity contribution in [2.75, 3.05) is 6.61 Å². The summed E-state index contributed by atoms with van der Waals surface area (Å²) in [6.45, 7) is 7.91. The summed E-state index contributed by atoms with van der Waals surface area (Å²) >= 11 is 0. The lowest BCUT2D eigenvalue weighted by molar-refractivity contribution is -0.144. The van der Waals surface area contributed by atoms with E-state index < -0.39 is 5.60 Å². The second kappa shape index (κ2) is 8.50. The van der Waals surface area contributed by atoms with E-state index in [4.69, 9.17) is 9.47 Å². The molecule has 0 bridgehead atoms. The smallest absolute Gasteiger partial charge is 0.338 e. The van der Waals surface area contributed by atoms with Crippen LogP contribution in [0.4, 0.5) is 0 Å². The summed E-state index contributed by atoms with van der Waals surface area (Å²) in [5.41, 5.74) is 1.38. The Morgan fingerprint density at radius 2 is 1.64 bits per heavy atom. The van der Waals surface area contributed by atoms with E-state index in [2.05, 4.69) is 0 Å². The molecule has 1 saturated carbocycles. The molecule has 1 aromatic carbocycles. The first-order valence-electron chi connectivity index (χ1n) is 9.27. The first kappa shape index (κ1) is 19.5. The van der Waals surface area contributed by atoms with Gasteiger partial charge in [-0.05, 0) is 82.9 Å². The lowest BCUT2D eigenvalue weighted by Gasteiger charge is -2.28. The number of carbonyl (C=O) groups excluding carboxylic acids is 2. The first-order valence-corrected chi connectivity index (χ1v) is 9.27. The molecule has 138 valence electrons. The summed E-state index contributed by atoms with van der Waals surface area (Å²) in [4.78, 5) is 23.7. The minimum atomic E-state index is -0.479. The third-order valence-corrected chi connectivity index (χ3v) is 4.62. The van der Waals surface area contributed by atoms with E-state index >= 15 is 0 Å². The van der Waals surface area contributed by atoms with Crippen LogP contribution in [0.2, 0.25) is 0 Å². The summed E-state index contributed by atoms with van der Waals surface area (Å²) < 4.78 is 10.4. The van der Waals surface area contributed by atoms with Gasteiger partial charge in [-0.1, -0.05) is 12.1 Å². The third-order valence-electron chi connectivity index (χ3n) is 4.62. The van der Waals surface area contributed by atoms with Crippen LogP contribution >= 0.6 is 0 Å². The van der Waals surface area contributed by atoms with E-state index in [9.17, 15) is 9.59 Å². The van der Waals surface area contributed by atoms with Crippen LogP contribution < -0.4 is 0 Å². The van der Waals surface area contributed by atoms with Crippen molar-refractivity contribution in [2.24, 2.45) is 5.92 Å². The first-order chi connectivity index (χ1) is 11.8. The predicted molar refractivity (Wildman–Crippen MR) is 97.6 cm³/mol. The molecule has 2 rings (SSSR count). The van der Waals surface area contributed by atoms with Crippen LogP contribution in [-0.2, 0) is 14.3 Å². The number of carbonyl (C=O) groups is 2. The SMILES string of the molecule is CCOC(=O)CC1CCC(c2ccc(C(=O)OC(C)(C)C)cc2)CC1. The monoisotopic (exact) mass is 346 g/mol. The van der Waals surface area contributed by atoms with Gasteiger partial charge in [0.2, 0.25) is 0 Å². The average molecular weight is 346 g/mol. The molecule has 0 heterocycles. The maximum Gasteiger partial charge on any atom is 0.338 e. The van der Waals surface area contributed by atoms with E-state index in [0.29, 0.717) is 30.4 Å². The van der Waals surface area contributed by atoms with Crippen molar-refractivity contribution >= 4 is 11.9 Å². The third kappa shape index (κ3) is 6.18. The second-order valence-corrected chi connectivity index (χ2v) is 7.85. The Morgan fingerprint density at radius 1 is 1.04 bits per heavy atom. The van der Waals surface area contributed by atoms with E-state index in [1.165, 1.54) is 5.56 Å². The van der Waals surface area contributed by atoms with Gasteiger partial charge in [-0.15, -0.1) is 0 Å². The molecule has 0 spiro atoms. The van der Waals surface area contributed by atoms with Crippen molar-refractivity contribution in [1.82, 2.24) is 0 Å². The van der Waals surface area contributed by atoms with Gasteiger partial charge < -0.3 is 9.47 Å². The highest BCUT2D eigenvalue weighted by Gasteiger charge is 2.25. The van der Waals surface area contributed by atoms with Crippen LogP contribution in [0.5, 0.6) is 0 Å². The highest BCUT2D eigenvalue weighted by atomic mass is 16.6. The second-order valence-electron chi connectivity index (χ2n) is 7.85. The van der Waals surface area contributed by atoms with Crippen LogP contribution in [0.15, 0.2) is 24.3 Å². The number of ether oxygens (including phenoxy) is 2. The Bertz CT molecular complexity index is 575. The van der Waals surface area contributed by atoms with Crippen molar-refractivity contribution in [3.63, 3.8) is 0 Å².